The highest BCUT2D eigenvalue weighted by Gasteiger charge is 2.30. The molecule has 4 nitrogen and oxygen atoms in total. The van der Waals surface area contributed by atoms with Crippen LogP contribution < -0.4 is 10.6 Å². The molecule has 0 aromatic rings. The Labute approximate surface area is 113 Å². The average Bonchev–Trinajstić information content (AvgIpc) is 2.77. The first-order chi connectivity index (χ1) is 8.69. The second-order valence-corrected chi connectivity index (χ2v) is 6.69. The third-order valence-electron chi connectivity index (χ3n) is 3.69. The van der Waals surface area contributed by atoms with Gasteiger partial charge >= 0.3 is 0 Å². The molecular weight excluding hydrogens is 248 g/mol. The quantitative estimate of drug-likeness (QED) is 0.813. The number of carbonyl (C=O) groups is 2. The highest BCUT2D eigenvalue weighted by Crippen LogP contribution is 2.28. The normalized spacial score (nSPS) is 32.1. The summed E-state index contributed by atoms with van der Waals surface area (Å²) in [6.07, 6.45) is 5.74. The van der Waals surface area contributed by atoms with E-state index in [1.54, 1.807) is 0 Å². The van der Waals surface area contributed by atoms with Gasteiger partial charge in [0.05, 0.1) is 0 Å². The van der Waals surface area contributed by atoms with Crippen molar-refractivity contribution in [1.29, 1.82) is 0 Å². The van der Waals surface area contributed by atoms with Crippen LogP contribution in [0.25, 0.3) is 0 Å². The van der Waals surface area contributed by atoms with Gasteiger partial charge in [0.15, 0.2) is 0 Å². The van der Waals surface area contributed by atoms with Crippen LogP contribution in [0.1, 0.15) is 45.4 Å². The largest absolute Gasteiger partial charge is 0.352 e. The van der Waals surface area contributed by atoms with Crippen LogP contribution in [0.4, 0.5) is 0 Å². The van der Waals surface area contributed by atoms with Crippen LogP contribution in [-0.2, 0) is 9.59 Å². The van der Waals surface area contributed by atoms with Gasteiger partial charge in [-0.05, 0) is 31.4 Å². The predicted octanol–water partition coefficient (Wildman–Crippen LogP) is 1.45. The van der Waals surface area contributed by atoms with E-state index in [2.05, 4.69) is 17.6 Å². The van der Waals surface area contributed by atoms with Crippen LogP contribution >= 0.6 is 11.8 Å². The Balaban J connectivity index is 1.78. The second-order valence-electron chi connectivity index (χ2n) is 5.11. The molecule has 2 fully saturated rings. The highest BCUT2D eigenvalue weighted by molar-refractivity contribution is 7.99. The van der Waals surface area contributed by atoms with E-state index in [-0.39, 0.29) is 17.9 Å². The van der Waals surface area contributed by atoms with Crippen molar-refractivity contribution >= 4 is 23.6 Å². The van der Waals surface area contributed by atoms with Crippen LogP contribution in [0.15, 0.2) is 0 Å². The second kappa shape index (κ2) is 6.45. The van der Waals surface area contributed by atoms with Gasteiger partial charge in [0.1, 0.15) is 6.04 Å². The van der Waals surface area contributed by atoms with Gasteiger partial charge in [-0.15, -0.1) is 0 Å². The zero-order chi connectivity index (χ0) is 13.0. The summed E-state index contributed by atoms with van der Waals surface area (Å²) in [5, 5.41) is 6.51. The molecule has 2 rings (SSSR count). The summed E-state index contributed by atoms with van der Waals surface area (Å²) in [6.45, 7) is 2.18. The third kappa shape index (κ3) is 3.64. The van der Waals surface area contributed by atoms with Crippen molar-refractivity contribution in [1.82, 2.24) is 10.6 Å². The summed E-state index contributed by atoms with van der Waals surface area (Å²) in [5.74, 6) is 1.15. The highest BCUT2D eigenvalue weighted by atomic mass is 32.2. The zero-order valence-corrected chi connectivity index (χ0v) is 11.7. The molecule has 102 valence electrons. The topological polar surface area (TPSA) is 58.2 Å². The Morgan fingerprint density at radius 3 is 2.94 bits per heavy atom. The summed E-state index contributed by atoms with van der Waals surface area (Å²) in [6, 6.07) is 0.00417. The SMILES string of the molecule is CCS[C@@H]1CCC[C@@H](NC(=O)[C@H]2CCC(=O)N2)C1. The molecule has 3 atom stereocenters. The fourth-order valence-electron chi connectivity index (χ4n) is 2.78. The predicted molar refractivity (Wildman–Crippen MR) is 73.5 cm³/mol. The lowest BCUT2D eigenvalue weighted by Gasteiger charge is -2.30. The molecule has 1 heterocycles. The van der Waals surface area contributed by atoms with Crippen LogP contribution in [0.3, 0.4) is 0 Å². The van der Waals surface area contributed by atoms with Crippen LogP contribution in [-0.4, -0.2) is 34.9 Å². The van der Waals surface area contributed by atoms with Crippen LogP contribution in [0, 0.1) is 0 Å². The molecular formula is C13H22N2O2S. The summed E-state index contributed by atoms with van der Waals surface area (Å²) < 4.78 is 0. The fourth-order valence-corrected chi connectivity index (χ4v) is 3.95. The Kier molecular flexibility index (Phi) is 4.92. The van der Waals surface area contributed by atoms with Gasteiger partial charge in [0, 0.05) is 17.7 Å². The third-order valence-corrected chi connectivity index (χ3v) is 4.92. The number of thioether (sulfide) groups is 1. The monoisotopic (exact) mass is 270 g/mol. The van der Waals surface area contributed by atoms with Gasteiger partial charge in [-0.3, -0.25) is 9.59 Å². The van der Waals surface area contributed by atoms with E-state index in [1.165, 1.54) is 12.8 Å². The number of hydrogen-bond acceptors (Lipinski definition) is 3. The molecule has 1 saturated heterocycles. The molecule has 1 aliphatic carbocycles. The minimum Gasteiger partial charge on any atom is -0.352 e. The van der Waals surface area contributed by atoms with E-state index >= 15 is 0 Å². The summed E-state index contributed by atoms with van der Waals surface area (Å²) in [5.41, 5.74) is 0. The van der Waals surface area contributed by atoms with Crippen molar-refractivity contribution in [2.75, 3.05) is 5.75 Å². The Hall–Kier alpha value is -0.710. The number of amides is 2. The van der Waals surface area contributed by atoms with Crippen molar-refractivity contribution in [3.05, 3.63) is 0 Å². The molecule has 2 N–H and O–H groups in total. The first-order valence-corrected chi connectivity index (χ1v) is 7.95. The van der Waals surface area contributed by atoms with E-state index < -0.39 is 0 Å². The van der Waals surface area contributed by atoms with Gasteiger partial charge in [0.25, 0.3) is 0 Å². The van der Waals surface area contributed by atoms with Crippen molar-refractivity contribution < 1.29 is 9.59 Å². The molecule has 0 bridgehead atoms. The van der Waals surface area contributed by atoms with E-state index in [1.807, 2.05) is 11.8 Å². The van der Waals surface area contributed by atoms with Crippen molar-refractivity contribution in [3.8, 4) is 0 Å². The molecule has 0 aromatic heterocycles. The standard InChI is InChI=1S/C13H22N2O2S/c1-2-18-10-5-3-4-9(8-10)14-13(17)11-6-7-12(16)15-11/h9-11H,2-8H2,1H3,(H,14,17)(H,15,16)/t9-,10-,11-/m1/s1. The average molecular weight is 270 g/mol. The molecule has 0 spiro atoms. The molecule has 2 aliphatic rings. The van der Waals surface area contributed by atoms with Gasteiger partial charge < -0.3 is 10.6 Å². The van der Waals surface area contributed by atoms with E-state index in [0.717, 1.165) is 18.6 Å². The van der Waals surface area contributed by atoms with Gasteiger partial charge in [0.2, 0.25) is 11.8 Å². The fraction of sp³-hybridized carbons (Fsp3) is 0.846. The first-order valence-electron chi connectivity index (χ1n) is 6.90. The maximum Gasteiger partial charge on any atom is 0.242 e. The van der Waals surface area contributed by atoms with Crippen LogP contribution in [0.2, 0.25) is 0 Å². The minimum absolute atomic E-state index is 0.00166. The Morgan fingerprint density at radius 2 is 2.28 bits per heavy atom. The summed E-state index contributed by atoms with van der Waals surface area (Å²) in [7, 11) is 0. The van der Waals surface area contributed by atoms with Gasteiger partial charge in [-0.1, -0.05) is 13.3 Å². The number of carbonyl (C=O) groups excluding carboxylic acids is 2. The Morgan fingerprint density at radius 1 is 1.44 bits per heavy atom. The van der Waals surface area contributed by atoms with Crippen LogP contribution in [0.5, 0.6) is 0 Å². The lowest BCUT2D eigenvalue weighted by molar-refractivity contribution is -0.126. The lowest BCUT2D eigenvalue weighted by Crippen LogP contribution is -2.47. The summed E-state index contributed by atoms with van der Waals surface area (Å²) in [4.78, 5) is 23.1. The zero-order valence-electron chi connectivity index (χ0n) is 10.9. The maximum absolute atomic E-state index is 12.0. The lowest BCUT2D eigenvalue weighted by atomic mass is 9.94. The molecule has 1 aliphatic heterocycles. The molecule has 0 radical (unpaired) electrons. The van der Waals surface area contributed by atoms with Gasteiger partial charge in [-0.2, -0.15) is 11.8 Å². The van der Waals surface area contributed by atoms with Crippen molar-refractivity contribution in [2.45, 2.75) is 62.8 Å². The van der Waals surface area contributed by atoms with E-state index in [0.29, 0.717) is 24.1 Å². The van der Waals surface area contributed by atoms with Gasteiger partial charge in [-0.25, -0.2) is 0 Å². The number of hydrogen-bond donors (Lipinski definition) is 2. The minimum atomic E-state index is -0.295. The Bertz CT molecular complexity index is 320. The van der Waals surface area contributed by atoms with Crippen molar-refractivity contribution in [2.24, 2.45) is 0 Å². The molecule has 1 saturated carbocycles. The molecule has 0 aromatic carbocycles. The maximum atomic E-state index is 12.0. The molecule has 18 heavy (non-hydrogen) atoms. The van der Waals surface area contributed by atoms with E-state index in [4.69, 9.17) is 0 Å². The molecule has 5 heteroatoms. The smallest absolute Gasteiger partial charge is 0.242 e. The summed E-state index contributed by atoms with van der Waals surface area (Å²) >= 11 is 1.99. The molecule has 0 unspecified atom stereocenters. The van der Waals surface area contributed by atoms with E-state index in [9.17, 15) is 9.59 Å². The number of rotatable bonds is 4. The first kappa shape index (κ1) is 13.7. The molecule has 2 amide bonds. The van der Waals surface area contributed by atoms with Crippen molar-refractivity contribution in [3.63, 3.8) is 0 Å². The number of nitrogens with one attached hydrogen (secondary N) is 2.